The van der Waals surface area contributed by atoms with Gasteiger partial charge < -0.3 is 15.4 Å². The Labute approximate surface area is 137 Å². The quantitative estimate of drug-likeness (QED) is 0.779. The minimum Gasteiger partial charge on any atom is -0.492 e. The van der Waals surface area contributed by atoms with E-state index in [1.165, 1.54) is 0 Å². The van der Waals surface area contributed by atoms with Crippen LogP contribution in [0.2, 0.25) is 0 Å². The van der Waals surface area contributed by atoms with Crippen molar-refractivity contribution in [3.63, 3.8) is 0 Å². The molecule has 0 bridgehead atoms. The fourth-order valence-corrected chi connectivity index (χ4v) is 2.48. The van der Waals surface area contributed by atoms with Crippen LogP contribution in [0.3, 0.4) is 0 Å². The lowest BCUT2D eigenvalue weighted by atomic mass is 10.1. The number of carbonyl (C=O) groups is 2. The van der Waals surface area contributed by atoms with Gasteiger partial charge in [0, 0.05) is 13.1 Å². The van der Waals surface area contributed by atoms with E-state index in [1.807, 2.05) is 42.3 Å². The van der Waals surface area contributed by atoms with Crippen molar-refractivity contribution in [2.45, 2.75) is 25.3 Å². The van der Waals surface area contributed by atoms with Crippen molar-refractivity contribution in [3.8, 4) is 5.75 Å². The molecule has 1 unspecified atom stereocenters. The number of hydrogen-bond donors (Lipinski definition) is 2. The summed E-state index contributed by atoms with van der Waals surface area (Å²) in [6.07, 6.45) is 2.62. The van der Waals surface area contributed by atoms with Crippen LogP contribution in [0.5, 0.6) is 5.75 Å². The van der Waals surface area contributed by atoms with Gasteiger partial charge in [0.25, 0.3) is 0 Å². The van der Waals surface area contributed by atoms with Gasteiger partial charge in [-0.05, 0) is 38.4 Å². The lowest BCUT2D eigenvalue weighted by Crippen LogP contribution is -2.48. The Hall–Kier alpha value is -2.08. The summed E-state index contributed by atoms with van der Waals surface area (Å²) in [5.74, 6) is 0.612. The number of amides is 2. The van der Waals surface area contributed by atoms with E-state index in [0.717, 1.165) is 18.6 Å². The molecule has 0 aromatic heterocycles. The molecule has 126 valence electrons. The van der Waals surface area contributed by atoms with Gasteiger partial charge in [0.1, 0.15) is 18.4 Å². The van der Waals surface area contributed by atoms with Crippen molar-refractivity contribution >= 4 is 11.8 Å². The zero-order valence-electron chi connectivity index (χ0n) is 13.6. The Morgan fingerprint density at radius 3 is 2.91 bits per heavy atom. The topological polar surface area (TPSA) is 70.7 Å². The van der Waals surface area contributed by atoms with Crippen molar-refractivity contribution in [2.75, 3.05) is 33.3 Å². The minimum absolute atomic E-state index is 0.0779. The van der Waals surface area contributed by atoms with Crippen LogP contribution in [-0.2, 0) is 9.59 Å². The molecule has 2 N–H and O–H groups in total. The molecular weight excluding hydrogens is 294 g/mol. The third-order valence-electron chi connectivity index (χ3n) is 3.77. The summed E-state index contributed by atoms with van der Waals surface area (Å²) >= 11 is 0. The zero-order chi connectivity index (χ0) is 16.5. The average molecular weight is 319 g/mol. The standard InChI is InChI=1S/C17H25N3O3/c1-20(11-12-23-14-7-3-2-4-8-14)13-16(21)19-15-9-5-6-10-18-17(15)22/h2-4,7-8,15H,5-6,9-13H2,1H3,(H,18,22)(H,19,21). The molecule has 1 aliphatic heterocycles. The van der Waals surface area contributed by atoms with E-state index >= 15 is 0 Å². The smallest absolute Gasteiger partial charge is 0.242 e. The Morgan fingerprint density at radius 2 is 2.13 bits per heavy atom. The molecule has 1 aromatic carbocycles. The maximum absolute atomic E-state index is 12.0. The predicted molar refractivity (Wildman–Crippen MR) is 88.2 cm³/mol. The first kappa shape index (κ1) is 17.3. The molecule has 0 aliphatic carbocycles. The highest BCUT2D eigenvalue weighted by Crippen LogP contribution is 2.08. The maximum atomic E-state index is 12.0. The van der Waals surface area contributed by atoms with Gasteiger partial charge in [-0.3, -0.25) is 14.5 Å². The van der Waals surface area contributed by atoms with E-state index in [9.17, 15) is 9.59 Å². The number of rotatable bonds is 7. The highest BCUT2D eigenvalue weighted by atomic mass is 16.5. The summed E-state index contributed by atoms with van der Waals surface area (Å²) in [6.45, 7) is 2.10. The molecule has 1 heterocycles. The summed E-state index contributed by atoms with van der Waals surface area (Å²) in [4.78, 5) is 25.7. The summed E-state index contributed by atoms with van der Waals surface area (Å²) < 4.78 is 5.60. The first-order valence-corrected chi connectivity index (χ1v) is 8.08. The fraction of sp³-hybridized carbons (Fsp3) is 0.529. The summed E-state index contributed by atoms with van der Waals surface area (Å²) in [5.41, 5.74) is 0. The van der Waals surface area contributed by atoms with Crippen LogP contribution in [0.15, 0.2) is 30.3 Å². The van der Waals surface area contributed by atoms with Gasteiger partial charge in [0.15, 0.2) is 0 Å². The van der Waals surface area contributed by atoms with E-state index in [1.54, 1.807) is 0 Å². The van der Waals surface area contributed by atoms with Crippen molar-refractivity contribution in [1.82, 2.24) is 15.5 Å². The number of nitrogens with zero attached hydrogens (tertiary/aromatic N) is 1. The van der Waals surface area contributed by atoms with Crippen molar-refractivity contribution < 1.29 is 14.3 Å². The lowest BCUT2D eigenvalue weighted by Gasteiger charge is -2.19. The number of likely N-dealkylation sites (N-methyl/N-ethyl adjacent to an activating group) is 1. The first-order valence-electron chi connectivity index (χ1n) is 8.08. The average Bonchev–Trinajstić information content (AvgIpc) is 2.73. The minimum atomic E-state index is -0.404. The molecule has 2 amide bonds. The number of para-hydroxylation sites is 1. The predicted octanol–water partition coefficient (Wildman–Crippen LogP) is 0.782. The fourth-order valence-electron chi connectivity index (χ4n) is 2.48. The summed E-state index contributed by atoms with van der Waals surface area (Å²) in [6, 6.07) is 9.18. The number of hydrogen-bond acceptors (Lipinski definition) is 4. The van der Waals surface area contributed by atoms with Crippen LogP contribution < -0.4 is 15.4 Å². The molecule has 6 heteroatoms. The molecule has 1 saturated heterocycles. The second kappa shape index (κ2) is 9.15. The molecule has 2 rings (SSSR count). The molecule has 0 saturated carbocycles. The third kappa shape index (κ3) is 6.28. The van der Waals surface area contributed by atoms with E-state index < -0.39 is 6.04 Å². The van der Waals surface area contributed by atoms with Crippen LogP contribution in [-0.4, -0.2) is 56.0 Å². The Bertz CT molecular complexity index is 507. The van der Waals surface area contributed by atoms with Crippen LogP contribution in [0.1, 0.15) is 19.3 Å². The SMILES string of the molecule is CN(CCOc1ccccc1)CC(=O)NC1CCCCNC1=O. The third-order valence-corrected chi connectivity index (χ3v) is 3.77. The highest BCUT2D eigenvalue weighted by Gasteiger charge is 2.22. The van der Waals surface area contributed by atoms with Gasteiger partial charge in [-0.2, -0.15) is 0 Å². The van der Waals surface area contributed by atoms with Gasteiger partial charge in [-0.25, -0.2) is 0 Å². The van der Waals surface area contributed by atoms with E-state index in [2.05, 4.69) is 10.6 Å². The molecule has 1 aromatic rings. The van der Waals surface area contributed by atoms with Crippen LogP contribution in [0.4, 0.5) is 0 Å². The Morgan fingerprint density at radius 1 is 1.35 bits per heavy atom. The van der Waals surface area contributed by atoms with E-state index in [0.29, 0.717) is 26.1 Å². The maximum Gasteiger partial charge on any atom is 0.242 e. The molecular formula is C17H25N3O3. The number of ether oxygens (including phenoxy) is 1. The van der Waals surface area contributed by atoms with Crippen molar-refractivity contribution in [1.29, 1.82) is 0 Å². The second-order valence-corrected chi connectivity index (χ2v) is 5.81. The highest BCUT2D eigenvalue weighted by molar-refractivity contribution is 5.88. The van der Waals surface area contributed by atoms with Crippen LogP contribution >= 0.6 is 0 Å². The van der Waals surface area contributed by atoms with Gasteiger partial charge in [0.05, 0.1) is 6.54 Å². The largest absolute Gasteiger partial charge is 0.492 e. The van der Waals surface area contributed by atoms with E-state index in [4.69, 9.17) is 4.74 Å². The molecule has 0 radical (unpaired) electrons. The number of carbonyl (C=O) groups excluding carboxylic acids is 2. The van der Waals surface area contributed by atoms with E-state index in [-0.39, 0.29) is 18.4 Å². The van der Waals surface area contributed by atoms with Gasteiger partial charge in [-0.15, -0.1) is 0 Å². The second-order valence-electron chi connectivity index (χ2n) is 5.81. The summed E-state index contributed by atoms with van der Waals surface area (Å²) in [5, 5.41) is 5.63. The summed E-state index contributed by atoms with van der Waals surface area (Å²) in [7, 11) is 1.86. The van der Waals surface area contributed by atoms with Crippen LogP contribution in [0.25, 0.3) is 0 Å². The number of benzene rings is 1. The van der Waals surface area contributed by atoms with Gasteiger partial charge >= 0.3 is 0 Å². The molecule has 6 nitrogen and oxygen atoms in total. The lowest BCUT2D eigenvalue weighted by molar-refractivity contribution is -0.129. The van der Waals surface area contributed by atoms with Crippen molar-refractivity contribution in [2.24, 2.45) is 0 Å². The molecule has 23 heavy (non-hydrogen) atoms. The monoisotopic (exact) mass is 319 g/mol. The molecule has 1 aliphatic rings. The van der Waals surface area contributed by atoms with Crippen LogP contribution in [0, 0.1) is 0 Å². The molecule has 0 spiro atoms. The Balaban J connectivity index is 1.66. The molecule has 1 fully saturated rings. The normalized spacial score (nSPS) is 18.2. The van der Waals surface area contributed by atoms with Gasteiger partial charge in [0.2, 0.25) is 11.8 Å². The van der Waals surface area contributed by atoms with Gasteiger partial charge in [-0.1, -0.05) is 18.2 Å². The first-order chi connectivity index (χ1) is 11.1. The zero-order valence-corrected chi connectivity index (χ0v) is 13.6. The Kier molecular flexibility index (Phi) is 6.87. The molecule has 1 atom stereocenters. The number of nitrogens with one attached hydrogen (secondary N) is 2. The van der Waals surface area contributed by atoms with Crippen molar-refractivity contribution in [3.05, 3.63) is 30.3 Å².